The Labute approximate surface area is 255 Å². The molecule has 3 aliphatic rings. The van der Waals surface area contributed by atoms with E-state index in [1.165, 1.54) is 12.8 Å². The van der Waals surface area contributed by atoms with E-state index in [-0.39, 0.29) is 23.3 Å². The second kappa shape index (κ2) is 12.8. The highest BCUT2D eigenvalue weighted by atomic mass is 16.5. The number of nitrogens with zero attached hydrogens (tertiary/aromatic N) is 3. The lowest BCUT2D eigenvalue weighted by atomic mass is 9.90. The second-order valence-corrected chi connectivity index (χ2v) is 13.3. The number of aromatic amines is 1. The molecule has 8 nitrogen and oxygen atoms in total. The fraction of sp³-hybridized carbons (Fsp3) is 0.600. The van der Waals surface area contributed by atoms with Crippen LogP contribution in [0.5, 0.6) is 5.75 Å². The van der Waals surface area contributed by atoms with Gasteiger partial charge in [0.15, 0.2) is 0 Å². The number of ketones is 1. The molecule has 3 fully saturated rings. The van der Waals surface area contributed by atoms with Gasteiger partial charge in [-0.1, -0.05) is 25.8 Å². The van der Waals surface area contributed by atoms with Crippen LogP contribution in [-0.2, 0) is 9.59 Å². The monoisotopic (exact) mass is 585 g/mol. The van der Waals surface area contributed by atoms with E-state index < -0.39 is 0 Å². The zero-order valence-corrected chi connectivity index (χ0v) is 26.1. The minimum Gasteiger partial charge on any atom is -0.496 e. The molecule has 3 heterocycles. The number of aromatic nitrogens is 3. The summed E-state index contributed by atoms with van der Waals surface area (Å²) >= 11 is 0. The van der Waals surface area contributed by atoms with Crippen molar-refractivity contribution < 1.29 is 14.3 Å². The number of hydrogen-bond donors (Lipinski definition) is 2. The molecule has 43 heavy (non-hydrogen) atoms. The Balaban J connectivity index is 1.15. The molecule has 1 aliphatic heterocycles. The molecule has 230 valence electrons. The third-order valence-electron chi connectivity index (χ3n) is 10.1. The first-order valence-corrected chi connectivity index (χ1v) is 16.4. The number of rotatable bonds is 14. The molecule has 0 unspecified atom stereocenters. The van der Waals surface area contributed by atoms with Crippen molar-refractivity contribution in [3.8, 4) is 17.0 Å². The average Bonchev–Trinajstić information content (AvgIpc) is 3.91. The van der Waals surface area contributed by atoms with Crippen LogP contribution in [0.15, 0.2) is 30.5 Å². The minimum atomic E-state index is -0.201. The van der Waals surface area contributed by atoms with Crippen molar-refractivity contribution in [3.63, 3.8) is 0 Å². The first-order chi connectivity index (χ1) is 20.9. The summed E-state index contributed by atoms with van der Waals surface area (Å²) in [5.74, 6) is 2.83. The summed E-state index contributed by atoms with van der Waals surface area (Å²) in [7, 11) is 1.67. The van der Waals surface area contributed by atoms with Crippen LogP contribution in [0.1, 0.15) is 95.1 Å². The minimum absolute atomic E-state index is 0.0972. The molecule has 8 heteroatoms. The molecule has 2 aromatic heterocycles. The normalized spacial score (nSPS) is 20.3. The van der Waals surface area contributed by atoms with Gasteiger partial charge in [0.1, 0.15) is 17.4 Å². The lowest BCUT2D eigenvalue weighted by molar-refractivity contribution is -0.124. The van der Waals surface area contributed by atoms with Crippen LogP contribution < -0.4 is 10.1 Å². The van der Waals surface area contributed by atoms with E-state index in [4.69, 9.17) is 9.72 Å². The van der Waals surface area contributed by atoms with E-state index in [2.05, 4.69) is 39.2 Å². The Hall–Kier alpha value is -3.26. The molecule has 3 aromatic rings. The predicted molar refractivity (Wildman–Crippen MR) is 169 cm³/mol. The number of unbranched alkanes of at least 4 members (excludes halogenated alkanes) is 2. The summed E-state index contributed by atoms with van der Waals surface area (Å²) in [4.78, 5) is 41.3. The number of ether oxygens (including phenoxy) is 1. The summed E-state index contributed by atoms with van der Waals surface area (Å²) in [6.07, 6.45) is 12.6. The Kier molecular flexibility index (Phi) is 8.85. The number of carbonyl (C=O) groups is 2. The Bertz CT molecular complexity index is 1450. The van der Waals surface area contributed by atoms with Crippen molar-refractivity contribution >= 4 is 22.6 Å². The average molecular weight is 586 g/mol. The van der Waals surface area contributed by atoms with Crippen molar-refractivity contribution in [3.05, 3.63) is 42.0 Å². The number of imidazole rings is 1. The number of piperidine rings is 1. The van der Waals surface area contributed by atoms with Crippen LogP contribution in [0.3, 0.4) is 0 Å². The molecule has 2 N–H and O–H groups in total. The maximum absolute atomic E-state index is 13.6. The summed E-state index contributed by atoms with van der Waals surface area (Å²) < 4.78 is 5.75. The van der Waals surface area contributed by atoms with Gasteiger partial charge in [-0.25, -0.2) is 4.98 Å². The van der Waals surface area contributed by atoms with Crippen molar-refractivity contribution in [2.45, 2.75) is 90.5 Å². The molecular weight excluding hydrogens is 538 g/mol. The van der Waals surface area contributed by atoms with Crippen molar-refractivity contribution in [1.82, 2.24) is 25.2 Å². The SMILES string of the molecule is CCN1CCC2(CC1)C[C@@H]2C(=O)N[C@@H](CCCCCC(=O)CC1CC1)c1ncc(-c2cc3ccc(C)nc3cc2OC)[nH]1. The second-order valence-electron chi connectivity index (χ2n) is 13.3. The first kappa shape index (κ1) is 29.8. The van der Waals surface area contributed by atoms with E-state index in [0.717, 1.165) is 110 Å². The molecule has 1 saturated heterocycles. The van der Waals surface area contributed by atoms with Crippen molar-refractivity contribution in [1.29, 1.82) is 0 Å². The number of aryl methyl sites for hydroxylation is 1. The van der Waals surface area contributed by atoms with Crippen LogP contribution >= 0.6 is 0 Å². The number of benzene rings is 1. The molecule has 2 saturated carbocycles. The summed E-state index contributed by atoms with van der Waals surface area (Å²) in [6.45, 7) is 7.46. The van der Waals surface area contributed by atoms with Gasteiger partial charge >= 0.3 is 0 Å². The Morgan fingerprint density at radius 3 is 2.72 bits per heavy atom. The lowest BCUT2D eigenvalue weighted by Gasteiger charge is -2.32. The summed E-state index contributed by atoms with van der Waals surface area (Å²) in [6, 6.07) is 7.94. The van der Waals surface area contributed by atoms with Crippen LogP contribution in [-0.4, -0.2) is 58.3 Å². The fourth-order valence-electron chi connectivity index (χ4n) is 7.01. The number of nitrogens with one attached hydrogen (secondary N) is 2. The van der Waals surface area contributed by atoms with Gasteiger partial charge in [-0.3, -0.25) is 14.6 Å². The lowest BCUT2D eigenvalue weighted by Crippen LogP contribution is -2.37. The molecule has 0 bridgehead atoms. The number of methoxy groups -OCH3 is 1. The number of fused-ring (bicyclic) bond motifs is 1. The van der Waals surface area contributed by atoms with E-state index in [1.807, 2.05) is 25.3 Å². The van der Waals surface area contributed by atoms with Crippen LogP contribution in [0, 0.1) is 24.2 Å². The van der Waals surface area contributed by atoms with Gasteiger partial charge in [-0.15, -0.1) is 0 Å². The highest BCUT2D eigenvalue weighted by Gasteiger charge is 2.58. The number of amides is 1. The third-order valence-corrected chi connectivity index (χ3v) is 10.1. The third kappa shape index (κ3) is 6.95. The van der Waals surface area contributed by atoms with Gasteiger partial charge in [0.25, 0.3) is 0 Å². The van der Waals surface area contributed by atoms with Gasteiger partial charge in [0, 0.05) is 41.5 Å². The van der Waals surface area contributed by atoms with Gasteiger partial charge in [0.2, 0.25) is 5.91 Å². The van der Waals surface area contributed by atoms with Gasteiger partial charge in [0.05, 0.1) is 30.6 Å². The number of pyridine rings is 1. The van der Waals surface area contributed by atoms with Crippen LogP contribution in [0.2, 0.25) is 0 Å². The van der Waals surface area contributed by atoms with E-state index in [0.29, 0.717) is 18.1 Å². The molecule has 6 rings (SSSR count). The number of Topliss-reactive ketones (excluding diaryl/α,β-unsaturated/α-hetero) is 1. The maximum atomic E-state index is 13.6. The highest BCUT2D eigenvalue weighted by Crippen LogP contribution is 2.59. The standard InChI is InChI=1S/C35H47N5O3/c1-4-40-16-14-35(15-17-40)21-28(35)34(42)39-29(9-7-5-6-8-26(41)18-24-11-12-24)33-36-22-31(38-33)27-19-25-13-10-23(2)37-30(25)20-32(27)43-3/h10,13,19-20,22,24,28-29H,4-9,11-12,14-18,21H2,1-3H3,(H,36,38)(H,39,42)/t28-,29+/m1/s1. The number of carbonyl (C=O) groups excluding carboxylic acids is 2. The molecule has 2 atom stereocenters. The van der Waals surface area contributed by atoms with E-state index in [9.17, 15) is 9.59 Å². The number of hydrogen-bond acceptors (Lipinski definition) is 6. The number of likely N-dealkylation sites (tertiary alicyclic amines) is 1. The zero-order valence-electron chi connectivity index (χ0n) is 26.1. The summed E-state index contributed by atoms with van der Waals surface area (Å²) in [5.41, 5.74) is 3.81. The smallest absolute Gasteiger partial charge is 0.224 e. The summed E-state index contributed by atoms with van der Waals surface area (Å²) in [5, 5.41) is 4.43. The topological polar surface area (TPSA) is 100 Å². The predicted octanol–water partition coefficient (Wildman–Crippen LogP) is 6.54. The molecule has 2 aliphatic carbocycles. The van der Waals surface area contributed by atoms with Gasteiger partial charge < -0.3 is 19.9 Å². The molecule has 1 spiro atoms. The van der Waals surface area contributed by atoms with E-state index in [1.54, 1.807) is 7.11 Å². The zero-order chi connectivity index (χ0) is 30.0. The molecule has 1 amide bonds. The fourth-order valence-corrected chi connectivity index (χ4v) is 7.01. The van der Waals surface area contributed by atoms with E-state index >= 15 is 0 Å². The van der Waals surface area contributed by atoms with Crippen LogP contribution in [0.4, 0.5) is 0 Å². The molecular formula is C35H47N5O3. The molecule has 0 radical (unpaired) electrons. The molecule has 1 aromatic carbocycles. The van der Waals surface area contributed by atoms with Gasteiger partial charge in [-0.05, 0) is 95.0 Å². The maximum Gasteiger partial charge on any atom is 0.224 e. The first-order valence-electron chi connectivity index (χ1n) is 16.4. The van der Waals surface area contributed by atoms with Gasteiger partial charge in [-0.2, -0.15) is 0 Å². The van der Waals surface area contributed by atoms with Crippen LogP contribution in [0.25, 0.3) is 22.2 Å². The number of H-pyrrole nitrogens is 1. The van der Waals surface area contributed by atoms with Crippen molar-refractivity contribution in [2.75, 3.05) is 26.7 Å². The highest BCUT2D eigenvalue weighted by molar-refractivity contribution is 5.87. The van der Waals surface area contributed by atoms with Crippen molar-refractivity contribution in [2.24, 2.45) is 17.3 Å². The Morgan fingerprint density at radius 1 is 1.16 bits per heavy atom. The largest absolute Gasteiger partial charge is 0.496 e. The quantitative estimate of drug-likeness (QED) is 0.208. The Morgan fingerprint density at radius 2 is 1.98 bits per heavy atom.